The number of methoxy groups -OCH3 is 1. The van der Waals surface area contributed by atoms with Crippen molar-refractivity contribution in [3.63, 3.8) is 0 Å². The molecule has 0 fully saturated rings. The third kappa shape index (κ3) is 4.68. The van der Waals surface area contributed by atoms with Crippen molar-refractivity contribution in [1.82, 2.24) is 9.97 Å². The van der Waals surface area contributed by atoms with Gasteiger partial charge in [-0.3, -0.25) is 0 Å². The molecular weight excluding hydrogens is 382 g/mol. The molecule has 0 spiro atoms. The highest BCUT2D eigenvalue weighted by Crippen LogP contribution is 2.29. The van der Waals surface area contributed by atoms with Crippen molar-refractivity contribution in [1.29, 1.82) is 0 Å². The van der Waals surface area contributed by atoms with Gasteiger partial charge in [0.25, 0.3) is 0 Å². The number of hydrogen-bond donors (Lipinski definition) is 1. The summed E-state index contributed by atoms with van der Waals surface area (Å²) < 4.78 is 15.6. The molecule has 0 amide bonds. The van der Waals surface area contributed by atoms with Crippen LogP contribution in [0.2, 0.25) is 5.02 Å². The number of hydrogen-bond acceptors (Lipinski definition) is 7. The van der Waals surface area contributed by atoms with Crippen molar-refractivity contribution < 1.29 is 19.0 Å². The summed E-state index contributed by atoms with van der Waals surface area (Å²) in [7, 11) is 1.54. The molecule has 146 valence electrons. The zero-order chi connectivity index (χ0) is 19.9. The van der Waals surface area contributed by atoms with E-state index in [9.17, 15) is 4.79 Å². The van der Waals surface area contributed by atoms with E-state index in [-0.39, 0.29) is 18.1 Å². The Morgan fingerprint density at radius 3 is 2.54 bits per heavy atom. The summed E-state index contributed by atoms with van der Waals surface area (Å²) >= 11 is 6.18. The molecule has 0 bridgehead atoms. The van der Waals surface area contributed by atoms with E-state index in [1.807, 2.05) is 25.1 Å². The van der Waals surface area contributed by atoms with Crippen LogP contribution in [0.3, 0.4) is 0 Å². The maximum atomic E-state index is 12.6. The van der Waals surface area contributed by atoms with Crippen LogP contribution in [0.25, 0.3) is 11.0 Å². The number of esters is 1. The van der Waals surface area contributed by atoms with Gasteiger partial charge in [-0.2, -0.15) is 0 Å². The number of fused-ring (bicyclic) bond motifs is 1. The summed E-state index contributed by atoms with van der Waals surface area (Å²) in [5.41, 5.74) is 1.97. The first-order valence-electron chi connectivity index (χ1n) is 8.74. The van der Waals surface area contributed by atoms with Crippen LogP contribution in [-0.2, 0) is 9.47 Å². The molecule has 3 aromatic rings. The first-order chi connectivity index (χ1) is 13.6. The standard InChI is InChI=1S/C20H20ClN3O4/c1-3-27-10-11-28-20(25)18-19(24-16-7-5-4-6-15(16)23-18)22-13-8-9-17(26-2)14(21)12-13/h4-9,12H,3,10-11H2,1-2H3,(H,22,24). The molecule has 1 N–H and O–H groups in total. The van der Waals surface area contributed by atoms with Crippen LogP contribution >= 0.6 is 11.6 Å². The number of anilines is 2. The SMILES string of the molecule is CCOCCOC(=O)c1nc2ccccc2nc1Nc1ccc(OC)c(Cl)c1. The molecule has 0 aliphatic heterocycles. The maximum Gasteiger partial charge on any atom is 0.360 e. The van der Waals surface area contributed by atoms with Gasteiger partial charge in [0.1, 0.15) is 12.4 Å². The molecule has 3 rings (SSSR count). The minimum absolute atomic E-state index is 0.0853. The van der Waals surface area contributed by atoms with E-state index >= 15 is 0 Å². The number of aromatic nitrogens is 2. The van der Waals surface area contributed by atoms with Crippen LogP contribution in [0, 0.1) is 0 Å². The second-order valence-corrected chi connectivity index (χ2v) is 6.12. The third-order valence-corrected chi connectivity index (χ3v) is 4.14. The predicted molar refractivity (Wildman–Crippen MR) is 108 cm³/mol. The van der Waals surface area contributed by atoms with E-state index in [2.05, 4.69) is 15.3 Å². The third-order valence-electron chi connectivity index (χ3n) is 3.84. The number of halogens is 1. The summed E-state index contributed by atoms with van der Waals surface area (Å²) in [5.74, 6) is 0.244. The lowest BCUT2D eigenvalue weighted by Crippen LogP contribution is -2.15. The molecule has 0 saturated carbocycles. The fraction of sp³-hybridized carbons (Fsp3) is 0.250. The topological polar surface area (TPSA) is 82.6 Å². The van der Waals surface area contributed by atoms with Crippen LogP contribution < -0.4 is 10.1 Å². The van der Waals surface area contributed by atoms with Gasteiger partial charge in [-0.05, 0) is 37.3 Å². The molecule has 0 aliphatic carbocycles. The number of carbonyl (C=O) groups excluding carboxylic acids is 1. The Morgan fingerprint density at radius 1 is 1.11 bits per heavy atom. The molecule has 0 atom stereocenters. The predicted octanol–water partition coefficient (Wildman–Crippen LogP) is 4.23. The molecule has 2 aromatic carbocycles. The van der Waals surface area contributed by atoms with Crippen LogP contribution in [0.1, 0.15) is 17.4 Å². The zero-order valence-electron chi connectivity index (χ0n) is 15.6. The van der Waals surface area contributed by atoms with Gasteiger partial charge in [0.05, 0.1) is 29.8 Å². The highest BCUT2D eigenvalue weighted by atomic mass is 35.5. The van der Waals surface area contributed by atoms with Gasteiger partial charge in [-0.1, -0.05) is 23.7 Å². The van der Waals surface area contributed by atoms with E-state index in [4.69, 9.17) is 25.8 Å². The number of nitrogens with one attached hydrogen (secondary N) is 1. The molecule has 8 heteroatoms. The van der Waals surface area contributed by atoms with Crippen molar-refractivity contribution in [3.05, 3.63) is 53.2 Å². The monoisotopic (exact) mass is 401 g/mol. The minimum Gasteiger partial charge on any atom is -0.495 e. The molecule has 0 saturated heterocycles. The van der Waals surface area contributed by atoms with Crippen LogP contribution in [0.4, 0.5) is 11.5 Å². The zero-order valence-corrected chi connectivity index (χ0v) is 16.3. The fourth-order valence-electron chi connectivity index (χ4n) is 2.52. The first-order valence-corrected chi connectivity index (χ1v) is 9.12. The Balaban J connectivity index is 1.92. The lowest BCUT2D eigenvalue weighted by molar-refractivity contribution is 0.0330. The minimum atomic E-state index is -0.583. The van der Waals surface area contributed by atoms with Crippen molar-refractivity contribution >= 4 is 40.1 Å². The Kier molecular flexibility index (Phi) is 6.62. The van der Waals surface area contributed by atoms with Gasteiger partial charge >= 0.3 is 5.97 Å². The lowest BCUT2D eigenvalue weighted by Gasteiger charge is -2.12. The summed E-state index contributed by atoms with van der Waals surface area (Å²) in [6.45, 7) is 2.88. The molecule has 0 radical (unpaired) electrons. The Hall–Kier alpha value is -2.90. The molecule has 1 aromatic heterocycles. The van der Waals surface area contributed by atoms with Crippen molar-refractivity contribution in [2.75, 3.05) is 32.2 Å². The second kappa shape index (κ2) is 9.34. The summed E-state index contributed by atoms with van der Waals surface area (Å²) in [4.78, 5) is 21.5. The lowest BCUT2D eigenvalue weighted by atomic mass is 10.2. The molecule has 0 unspecified atom stereocenters. The van der Waals surface area contributed by atoms with Gasteiger partial charge in [-0.25, -0.2) is 14.8 Å². The quantitative estimate of drug-likeness (QED) is 0.446. The van der Waals surface area contributed by atoms with Crippen molar-refractivity contribution in [2.45, 2.75) is 6.92 Å². The van der Waals surface area contributed by atoms with E-state index in [1.165, 1.54) is 0 Å². The summed E-state index contributed by atoms with van der Waals surface area (Å²) in [6.07, 6.45) is 0. The van der Waals surface area contributed by atoms with E-state index in [0.717, 1.165) is 0 Å². The fourth-order valence-corrected chi connectivity index (χ4v) is 2.77. The Morgan fingerprint density at radius 2 is 1.86 bits per heavy atom. The Bertz CT molecular complexity index is 981. The molecule has 7 nitrogen and oxygen atoms in total. The van der Waals surface area contributed by atoms with Crippen LogP contribution in [0.15, 0.2) is 42.5 Å². The molecule has 0 aliphatic rings. The van der Waals surface area contributed by atoms with Crippen molar-refractivity contribution in [2.24, 2.45) is 0 Å². The van der Waals surface area contributed by atoms with E-state index < -0.39 is 5.97 Å². The summed E-state index contributed by atoms with van der Waals surface area (Å²) in [6, 6.07) is 12.5. The highest BCUT2D eigenvalue weighted by Gasteiger charge is 2.18. The first kappa shape index (κ1) is 19.9. The maximum absolute atomic E-state index is 12.6. The van der Waals surface area contributed by atoms with E-state index in [0.29, 0.717) is 40.7 Å². The largest absolute Gasteiger partial charge is 0.495 e. The average molecular weight is 402 g/mol. The molecule has 1 heterocycles. The number of para-hydroxylation sites is 2. The number of carbonyl (C=O) groups is 1. The normalized spacial score (nSPS) is 10.7. The molecule has 28 heavy (non-hydrogen) atoms. The van der Waals surface area contributed by atoms with Crippen molar-refractivity contribution in [3.8, 4) is 5.75 Å². The Labute approximate surface area is 167 Å². The van der Waals surface area contributed by atoms with Gasteiger partial charge in [0.2, 0.25) is 0 Å². The average Bonchev–Trinajstić information content (AvgIpc) is 2.70. The summed E-state index contributed by atoms with van der Waals surface area (Å²) in [5, 5.41) is 3.53. The van der Waals surface area contributed by atoms with Gasteiger partial charge < -0.3 is 19.5 Å². The van der Waals surface area contributed by atoms with Crippen LogP contribution in [0.5, 0.6) is 5.75 Å². The van der Waals surface area contributed by atoms with Gasteiger partial charge in [0.15, 0.2) is 11.5 Å². The molecular formula is C20H20ClN3O4. The number of nitrogens with zero attached hydrogens (tertiary/aromatic N) is 2. The number of ether oxygens (including phenoxy) is 3. The number of rotatable bonds is 8. The van der Waals surface area contributed by atoms with Gasteiger partial charge in [0, 0.05) is 12.3 Å². The van der Waals surface area contributed by atoms with Crippen LogP contribution in [-0.4, -0.2) is 42.9 Å². The second-order valence-electron chi connectivity index (χ2n) is 5.72. The number of benzene rings is 2. The highest BCUT2D eigenvalue weighted by molar-refractivity contribution is 6.32. The smallest absolute Gasteiger partial charge is 0.360 e. The van der Waals surface area contributed by atoms with E-state index in [1.54, 1.807) is 31.4 Å². The van der Waals surface area contributed by atoms with Gasteiger partial charge in [-0.15, -0.1) is 0 Å².